The highest BCUT2D eigenvalue weighted by molar-refractivity contribution is 6.05. The number of amides is 3. The topological polar surface area (TPSA) is 101 Å². The van der Waals surface area contributed by atoms with E-state index in [1.54, 1.807) is 25.2 Å². The number of piperidine rings is 1. The van der Waals surface area contributed by atoms with Gasteiger partial charge in [0.1, 0.15) is 6.04 Å². The highest BCUT2D eigenvalue weighted by atomic mass is 16.2. The van der Waals surface area contributed by atoms with Crippen molar-refractivity contribution in [2.75, 3.05) is 0 Å². The lowest BCUT2D eigenvalue weighted by Crippen LogP contribution is -2.52. The van der Waals surface area contributed by atoms with E-state index in [2.05, 4.69) is 10.3 Å². The third-order valence-electron chi connectivity index (χ3n) is 5.77. The van der Waals surface area contributed by atoms with Gasteiger partial charge in [0.2, 0.25) is 11.8 Å². The molecule has 0 saturated carbocycles. The molecule has 3 heterocycles. The molecular formula is C22H18N4O4. The lowest BCUT2D eigenvalue weighted by atomic mass is 9.99. The number of carbonyl (C=O) groups excluding carboxylic acids is 3. The molecule has 2 aromatic carbocycles. The summed E-state index contributed by atoms with van der Waals surface area (Å²) in [5, 5.41) is 2.84. The molecule has 0 aliphatic carbocycles. The normalized spacial score (nSPS) is 18.6. The van der Waals surface area contributed by atoms with Gasteiger partial charge in [0.15, 0.2) is 0 Å². The Kier molecular flexibility index (Phi) is 4.02. The fraction of sp³-hybridized carbons (Fsp3) is 0.227. The number of carbonyl (C=O) groups is 3. The molecule has 1 N–H and O–H groups in total. The molecule has 0 bridgehead atoms. The zero-order chi connectivity index (χ0) is 21.0. The number of nitrogens with zero attached hydrogens (tertiary/aromatic N) is 3. The van der Waals surface area contributed by atoms with E-state index < -0.39 is 11.9 Å². The van der Waals surface area contributed by atoms with Crippen molar-refractivity contribution in [3.8, 4) is 11.1 Å². The molecule has 150 valence electrons. The van der Waals surface area contributed by atoms with Crippen LogP contribution in [-0.4, -0.2) is 38.2 Å². The van der Waals surface area contributed by atoms with E-state index in [9.17, 15) is 19.2 Å². The summed E-state index contributed by atoms with van der Waals surface area (Å²) in [5.41, 5.74) is 3.61. The molecule has 0 radical (unpaired) electrons. The summed E-state index contributed by atoms with van der Waals surface area (Å²) < 4.78 is 1.44. The van der Waals surface area contributed by atoms with Gasteiger partial charge in [0.25, 0.3) is 11.5 Å². The minimum atomic E-state index is -0.638. The van der Waals surface area contributed by atoms with Gasteiger partial charge in [-0.2, -0.15) is 0 Å². The second-order valence-electron chi connectivity index (χ2n) is 7.66. The molecule has 1 saturated heterocycles. The molecule has 3 amide bonds. The van der Waals surface area contributed by atoms with Crippen LogP contribution in [-0.2, 0) is 23.2 Å². The first-order chi connectivity index (χ1) is 14.4. The number of rotatable bonds is 2. The third-order valence-corrected chi connectivity index (χ3v) is 5.77. The van der Waals surface area contributed by atoms with Crippen LogP contribution < -0.4 is 10.9 Å². The van der Waals surface area contributed by atoms with Gasteiger partial charge in [-0.15, -0.1) is 0 Å². The number of hydrogen-bond acceptors (Lipinski definition) is 5. The van der Waals surface area contributed by atoms with Gasteiger partial charge in [0, 0.05) is 25.6 Å². The monoisotopic (exact) mass is 402 g/mol. The Hall–Kier alpha value is -3.81. The molecule has 1 aromatic heterocycles. The zero-order valence-corrected chi connectivity index (χ0v) is 16.2. The van der Waals surface area contributed by atoms with Crippen molar-refractivity contribution in [3.05, 3.63) is 64.2 Å². The number of benzene rings is 2. The van der Waals surface area contributed by atoms with Crippen LogP contribution in [0.3, 0.4) is 0 Å². The Bertz CT molecular complexity index is 1310. The molecular weight excluding hydrogens is 384 g/mol. The molecule has 3 aromatic rings. The number of nitrogens with one attached hydrogen (secondary N) is 1. The van der Waals surface area contributed by atoms with Crippen LogP contribution in [0.4, 0.5) is 0 Å². The fourth-order valence-electron chi connectivity index (χ4n) is 4.14. The average Bonchev–Trinajstić information content (AvgIpc) is 3.06. The third kappa shape index (κ3) is 2.80. The molecule has 30 heavy (non-hydrogen) atoms. The number of imide groups is 1. The van der Waals surface area contributed by atoms with Crippen molar-refractivity contribution in [3.63, 3.8) is 0 Å². The van der Waals surface area contributed by atoms with Crippen molar-refractivity contribution < 1.29 is 14.4 Å². The zero-order valence-electron chi connectivity index (χ0n) is 16.2. The predicted octanol–water partition coefficient (Wildman–Crippen LogP) is 1.36. The minimum Gasteiger partial charge on any atom is -0.322 e. The SMILES string of the molecule is Cn1cnc2ccc(-c3ccc4c(c3)CN(C3CCC(=O)NC3=O)C4=O)cc2c1=O. The van der Waals surface area contributed by atoms with Crippen LogP contribution in [0.15, 0.2) is 47.5 Å². The first-order valence-corrected chi connectivity index (χ1v) is 9.66. The maximum atomic E-state index is 12.8. The van der Waals surface area contributed by atoms with E-state index in [4.69, 9.17) is 0 Å². The second-order valence-corrected chi connectivity index (χ2v) is 7.66. The first kappa shape index (κ1) is 18.2. The Labute approximate surface area is 171 Å². The molecule has 1 fully saturated rings. The number of hydrogen-bond donors (Lipinski definition) is 1. The van der Waals surface area contributed by atoms with E-state index in [0.717, 1.165) is 16.7 Å². The second kappa shape index (κ2) is 6.62. The van der Waals surface area contributed by atoms with E-state index in [-0.39, 0.29) is 23.8 Å². The van der Waals surface area contributed by atoms with Gasteiger partial charge < -0.3 is 9.47 Å². The molecule has 8 heteroatoms. The highest BCUT2D eigenvalue weighted by Gasteiger charge is 2.39. The number of aromatic nitrogens is 2. The Balaban J connectivity index is 1.50. The highest BCUT2D eigenvalue weighted by Crippen LogP contribution is 2.31. The lowest BCUT2D eigenvalue weighted by molar-refractivity contribution is -0.136. The van der Waals surface area contributed by atoms with E-state index >= 15 is 0 Å². The van der Waals surface area contributed by atoms with E-state index in [0.29, 0.717) is 29.4 Å². The van der Waals surface area contributed by atoms with Gasteiger partial charge in [-0.05, 0) is 47.4 Å². The van der Waals surface area contributed by atoms with Crippen molar-refractivity contribution in [1.29, 1.82) is 0 Å². The minimum absolute atomic E-state index is 0.123. The van der Waals surface area contributed by atoms with Crippen LogP contribution in [0.5, 0.6) is 0 Å². The summed E-state index contributed by atoms with van der Waals surface area (Å²) >= 11 is 0. The van der Waals surface area contributed by atoms with E-state index in [1.165, 1.54) is 15.8 Å². The molecule has 1 atom stereocenters. The summed E-state index contributed by atoms with van der Waals surface area (Å²) in [4.78, 5) is 54.7. The van der Waals surface area contributed by atoms with Gasteiger partial charge in [-0.25, -0.2) is 4.98 Å². The molecule has 2 aliphatic rings. The molecule has 8 nitrogen and oxygen atoms in total. The Morgan fingerprint density at radius 3 is 2.60 bits per heavy atom. The summed E-state index contributed by atoms with van der Waals surface area (Å²) in [7, 11) is 1.66. The predicted molar refractivity (Wildman–Crippen MR) is 108 cm³/mol. The van der Waals surface area contributed by atoms with Gasteiger partial charge in [-0.3, -0.25) is 24.5 Å². The lowest BCUT2D eigenvalue weighted by Gasteiger charge is -2.29. The Morgan fingerprint density at radius 2 is 1.80 bits per heavy atom. The van der Waals surface area contributed by atoms with E-state index in [1.807, 2.05) is 18.2 Å². The first-order valence-electron chi connectivity index (χ1n) is 9.66. The van der Waals surface area contributed by atoms with Crippen molar-refractivity contribution in [2.24, 2.45) is 7.05 Å². The molecule has 1 unspecified atom stereocenters. The van der Waals surface area contributed by atoms with Gasteiger partial charge in [0.05, 0.1) is 17.2 Å². The summed E-state index contributed by atoms with van der Waals surface area (Å²) in [6.07, 6.45) is 2.05. The van der Waals surface area contributed by atoms with Crippen LogP contribution in [0.25, 0.3) is 22.0 Å². The summed E-state index contributed by atoms with van der Waals surface area (Å²) in [6, 6.07) is 10.4. The smallest absolute Gasteiger partial charge is 0.260 e. The summed E-state index contributed by atoms with van der Waals surface area (Å²) in [5.74, 6) is -0.937. The van der Waals surface area contributed by atoms with Crippen LogP contribution >= 0.6 is 0 Å². The van der Waals surface area contributed by atoms with Crippen LogP contribution in [0.1, 0.15) is 28.8 Å². The standard InChI is InChI=1S/C22H18N4O4/c1-25-11-23-17-5-3-13(9-16(17)21(25)29)12-2-4-15-14(8-12)10-26(22(15)30)18-6-7-19(27)24-20(18)28/h2-5,8-9,11,18H,6-7,10H2,1H3,(H,24,27,28). The molecule has 0 spiro atoms. The largest absolute Gasteiger partial charge is 0.322 e. The van der Waals surface area contributed by atoms with Crippen molar-refractivity contribution >= 4 is 28.6 Å². The molecule has 2 aliphatic heterocycles. The number of fused-ring (bicyclic) bond motifs is 2. The van der Waals surface area contributed by atoms with Gasteiger partial charge >= 0.3 is 0 Å². The Morgan fingerprint density at radius 1 is 1.03 bits per heavy atom. The summed E-state index contributed by atoms with van der Waals surface area (Å²) in [6.45, 7) is 0.311. The van der Waals surface area contributed by atoms with Crippen LogP contribution in [0, 0.1) is 0 Å². The average molecular weight is 402 g/mol. The maximum absolute atomic E-state index is 12.8. The quantitative estimate of drug-likeness (QED) is 0.653. The van der Waals surface area contributed by atoms with Crippen molar-refractivity contribution in [2.45, 2.75) is 25.4 Å². The van der Waals surface area contributed by atoms with Crippen molar-refractivity contribution in [1.82, 2.24) is 19.8 Å². The van der Waals surface area contributed by atoms with Crippen LogP contribution in [0.2, 0.25) is 0 Å². The fourth-order valence-corrected chi connectivity index (χ4v) is 4.14. The molecule has 5 rings (SSSR count). The maximum Gasteiger partial charge on any atom is 0.260 e. The van der Waals surface area contributed by atoms with Gasteiger partial charge in [-0.1, -0.05) is 12.1 Å². The number of aryl methyl sites for hydroxylation is 1.